The Bertz CT molecular complexity index is 942. The Morgan fingerprint density at radius 1 is 1.14 bits per heavy atom. The zero-order valence-electron chi connectivity index (χ0n) is 15.9. The molecule has 3 rings (SSSR count). The van der Waals surface area contributed by atoms with E-state index in [0.717, 1.165) is 32.8 Å². The highest BCUT2D eigenvalue weighted by molar-refractivity contribution is 7.19. The molecule has 1 aromatic carbocycles. The number of anilines is 4. The molecule has 0 saturated carbocycles. The summed E-state index contributed by atoms with van der Waals surface area (Å²) in [6, 6.07) is 9.22. The predicted molar refractivity (Wildman–Crippen MR) is 112 cm³/mol. The van der Waals surface area contributed by atoms with Gasteiger partial charge in [-0.2, -0.15) is 0 Å². The first-order chi connectivity index (χ1) is 13.5. The molecule has 9 heteroatoms. The number of benzene rings is 1. The number of nitrogens with zero attached hydrogens (tertiary/aromatic N) is 3. The number of hydrogen-bond acceptors (Lipinski definition) is 8. The lowest BCUT2D eigenvalue weighted by atomic mass is 10.2. The Kier molecular flexibility index (Phi) is 6.51. The molecular formula is C19H22N6O2S. The van der Waals surface area contributed by atoms with Gasteiger partial charge in [0.2, 0.25) is 11.9 Å². The van der Waals surface area contributed by atoms with Gasteiger partial charge < -0.3 is 20.7 Å². The van der Waals surface area contributed by atoms with E-state index in [1.807, 2.05) is 37.3 Å². The summed E-state index contributed by atoms with van der Waals surface area (Å²) in [5.74, 6) is 0.388. The molecule has 146 valence electrons. The van der Waals surface area contributed by atoms with Crippen LogP contribution >= 0.6 is 11.3 Å². The topological polar surface area (TPSA) is 101 Å². The number of nitrogens with one attached hydrogen (secondary N) is 3. The highest BCUT2D eigenvalue weighted by atomic mass is 32.1. The van der Waals surface area contributed by atoms with Crippen LogP contribution in [0.25, 0.3) is 10.6 Å². The number of aromatic nitrogens is 3. The minimum absolute atomic E-state index is 0.104. The van der Waals surface area contributed by atoms with E-state index in [4.69, 9.17) is 4.74 Å². The van der Waals surface area contributed by atoms with Crippen molar-refractivity contribution in [2.75, 3.05) is 36.2 Å². The van der Waals surface area contributed by atoms with Gasteiger partial charge in [-0.25, -0.2) is 15.0 Å². The number of amides is 1. The maximum atomic E-state index is 11.1. The number of carbonyl (C=O) groups is 1. The smallest absolute Gasteiger partial charge is 0.227 e. The molecule has 0 aliphatic carbocycles. The summed E-state index contributed by atoms with van der Waals surface area (Å²) in [5, 5.41) is 10.00. The standard InChI is InChI=1S/C19H22N6O2S/c1-12-17(28-19(22-12)21-10-11-27-3)16-8-9-20-18(25-16)24-15-6-4-14(5-7-15)23-13(2)26/h4-9H,10-11H2,1-3H3,(H,21,22)(H,23,26)(H,20,24,25). The summed E-state index contributed by atoms with van der Waals surface area (Å²) in [6.45, 7) is 4.76. The van der Waals surface area contributed by atoms with E-state index >= 15 is 0 Å². The molecule has 0 bridgehead atoms. The van der Waals surface area contributed by atoms with Crippen molar-refractivity contribution in [3.63, 3.8) is 0 Å². The number of aryl methyl sites for hydroxylation is 1. The number of ether oxygens (including phenoxy) is 1. The van der Waals surface area contributed by atoms with Crippen molar-refractivity contribution >= 4 is 39.7 Å². The van der Waals surface area contributed by atoms with Gasteiger partial charge in [0.1, 0.15) is 0 Å². The second kappa shape index (κ2) is 9.25. The fraction of sp³-hybridized carbons (Fsp3) is 0.263. The fourth-order valence-electron chi connectivity index (χ4n) is 2.48. The molecule has 0 aliphatic heterocycles. The molecule has 3 N–H and O–H groups in total. The largest absolute Gasteiger partial charge is 0.383 e. The third-order valence-electron chi connectivity index (χ3n) is 3.73. The van der Waals surface area contributed by atoms with Gasteiger partial charge in [0.15, 0.2) is 5.13 Å². The lowest BCUT2D eigenvalue weighted by Crippen LogP contribution is -2.06. The first-order valence-corrected chi connectivity index (χ1v) is 9.55. The SMILES string of the molecule is COCCNc1nc(C)c(-c2ccnc(Nc3ccc(NC(C)=O)cc3)n2)s1. The Balaban J connectivity index is 1.73. The summed E-state index contributed by atoms with van der Waals surface area (Å²) < 4.78 is 5.05. The molecule has 0 unspecified atom stereocenters. The molecule has 1 amide bonds. The van der Waals surface area contributed by atoms with Crippen LogP contribution in [0.15, 0.2) is 36.5 Å². The first-order valence-electron chi connectivity index (χ1n) is 8.73. The van der Waals surface area contributed by atoms with Gasteiger partial charge in [-0.05, 0) is 37.3 Å². The molecule has 0 fully saturated rings. The van der Waals surface area contributed by atoms with Gasteiger partial charge in [0.05, 0.1) is 22.9 Å². The second-order valence-corrected chi connectivity index (χ2v) is 7.00. The number of hydrogen-bond donors (Lipinski definition) is 3. The van der Waals surface area contributed by atoms with Crippen LogP contribution in [0, 0.1) is 6.92 Å². The molecule has 2 aromatic heterocycles. The van der Waals surface area contributed by atoms with Crippen LogP contribution in [0.2, 0.25) is 0 Å². The van der Waals surface area contributed by atoms with Gasteiger partial charge in [0, 0.05) is 38.1 Å². The van der Waals surface area contributed by atoms with Crippen molar-refractivity contribution in [2.45, 2.75) is 13.8 Å². The molecule has 0 aliphatic rings. The van der Waals surface area contributed by atoms with Crippen LogP contribution in [0.4, 0.5) is 22.5 Å². The number of methoxy groups -OCH3 is 1. The van der Waals surface area contributed by atoms with Gasteiger partial charge in [-0.1, -0.05) is 11.3 Å². The second-order valence-electron chi connectivity index (χ2n) is 6.00. The Labute approximate surface area is 167 Å². The van der Waals surface area contributed by atoms with Crippen LogP contribution in [0.3, 0.4) is 0 Å². The third kappa shape index (κ3) is 5.24. The maximum Gasteiger partial charge on any atom is 0.227 e. The van der Waals surface area contributed by atoms with Crippen LogP contribution in [-0.4, -0.2) is 41.1 Å². The van der Waals surface area contributed by atoms with Crippen molar-refractivity contribution in [1.29, 1.82) is 0 Å². The highest BCUT2D eigenvalue weighted by Gasteiger charge is 2.12. The van der Waals surface area contributed by atoms with Crippen LogP contribution < -0.4 is 16.0 Å². The average molecular weight is 398 g/mol. The Morgan fingerprint density at radius 3 is 2.61 bits per heavy atom. The maximum absolute atomic E-state index is 11.1. The van der Waals surface area contributed by atoms with Gasteiger partial charge in [-0.3, -0.25) is 4.79 Å². The zero-order valence-corrected chi connectivity index (χ0v) is 16.8. The summed E-state index contributed by atoms with van der Waals surface area (Å²) in [5.41, 5.74) is 3.28. The lowest BCUT2D eigenvalue weighted by Gasteiger charge is -2.07. The normalized spacial score (nSPS) is 10.5. The van der Waals surface area contributed by atoms with E-state index in [-0.39, 0.29) is 5.91 Å². The first kappa shape index (κ1) is 19.7. The van der Waals surface area contributed by atoms with E-state index in [9.17, 15) is 4.79 Å². The van der Waals surface area contributed by atoms with Gasteiger partial charge in [0.25, 0.3) is 0 Å². The molecule has 3 aromatic rings. The average Bonchev–Trinajstić information content (AvgIpc) is 3.04. The van der Waals surface area contributed by atoms with Gasteiger partial charge in [-0.15, -0.1) is 0 Å². The van der Waals surface area contributed by atoms with Crippen LogP contribution in [-0.2, 0) is 9.53 Å². The summed E-state index contributed by atoms with van der Waals surface area (Å²) in [7, 11) is 1.67. The summed E-state index contributed by atoms with van der Waals surface area (Å²) in [4.78, 5) is 25.5. The number of carbonyl (C=O) groups excluding carboxylic acids is 1. The van der Waals surface area contributed by atoms with E-state index < -0.39 is 0 Å². The minimum atomic E-state index is -0.104. The van der Waals surface area contributed by atoms with Crippen molar-refractivity contribution in [3.8, 4) is 10.6 Å². The minimum Gasteiger partial charge on any atom is -0.383 e. The van der Waals surface area contributed by atoms with E-state index in [2.05, 4.69) is 30.9 Å². The van der Waals surface area contributed by atoms with Crippen molar-refractivity contribution < 1.29 is 9.53 Å². The van der Waals surface area contributed by atoms with Crippen LogP contribution in [0.1, 0.15) is 12.6 Å². The van der Waals surface area contributed by atoms with Gasteiger partial charge >= 0.3 is 0 Å². The van der Waals surface area contributed by atoms with E-state index in [0.29, 0.717) is 19.1 Å². The molecule has 28 heavy (non-hydrogen) atoms. The quantitative estimate of drug-likeness (QED) is 0.498. The molecule has 8 nitrogen and oxygen atoms in total. The third-order valence-corrected chi connectivity index (χ3v) is 4.87. The van der Waals surface area contributed by atoms with E-state index in [1.165, 1.54) is 6.92 Å². The monoisotopic (exact) mass is 398 g/mol. The summed E-state index contributed by atoms with van der Waals surface area (Å²) >= 11 is 1.55. The number of rotatable bonds is 8. The lowest BCUT2D eigenvalue weighted by molar-refractivity contribution is -0.114. The molecular weight excluding hydrogens is 376 g/mol. The Hall–Kier alpha value is -3.04. The Morgan fingerprint density at radius 2 is 1.89 bits per heavy atom. The molecule has 0 spiro atoms. The van der Waals surface area contributed by atoms with Crippen molar-refractivity contribution in [3.05, 3.63) is 42.2 Å². The molecule has 0 atom stereocenters. The van der Waals surface area contributed by atoms with Crippen molar-refractivity contribution in [2.24, 2.45) is 0 Å². The zero-order chi connectivity index (χ0) is 19.9. The predicted octanol–water partition coefficient (Wildman–Crippen LogP) is 3.67. The molecule has 0 saturated heterocycles. The summed E-state index contributed by atoms with van der Waals surface area (Å²) in [6.07, 6.45) is 1.72. The number of thiazole rings is 1. The van der Waals surface area contributed by atoms with Crippen molar-refractivity contribution in [1.82, 2.24) is 15.0 Å². The molecule has 0 radical (unpaired) electrons. The highest BCUT2D eigenvalue weighted by Crippen LogP contribution is 2.32. The fourth-order valence-corrected chi connectivity index (χ4v) is 3.45. The molecule has 2 heterocycles. The van der Waals surface area contributed by atoms with E-state index in [1.54, 1.807) is 24.6 Å². The van der Waals surface area contributed by atoms with Crippen LogP contribution in [0.5, 0.6) is 0 Å².